The van der Waals surface area contributed by atoms with Gasteiger partial charge in [0.05, 0.1) is 10.6 Å². The number of nitrogens with zero attached hydrogens (tertiary/aromatic N) is 2. The van der Waals surface area contributed by atoms with Crippen LogP contribution < -0.4 is 4.31 Å². The van der Waals surface area contributed by atoms with E-state index >= 15 is 0 Å². The highest BCUT2D eigenvalue weighted by atomic mass is 32.2. The summed E-state index contributed by atoms with van der Waals surface area (Å²) >= 11 is 0. The normalized spacial score (nSPS) is 20.0. The van der Waals surface area contributed by atoms with E-state index < -0.39 is 10.0 Å². The lowest BCUT2D eigenvalue weighted by Crippen LogP contribution is -2.42. The predicted molar refractivity (Wildman–Crippen MR) is 110 cm³/mol. The van der Waals surface area contributed by atoms with Crippen LogP contribution in [-0.4, -0.2) is 38.4 Å². The van der Waals surface area contributed by atoms with Crippen molar-refractivity contribution >= 4 is 21.6 Å². The molecule has 2 aliphatic heterocycles. The van der Waals surface area contributed by atoms with Crippen molar-refractivity contribution in [1.82, 2.24) is 4.90 Å². The predicted octanol–water partition coefficient (Wildman–Crippen LogP) is 3.84. The summed E-state index contributed by atoms with van der Waals surface area (Å²) in [6.45, 7) is 3.32. The fourth-order valence-corrected chi connectivity index (χ4v) is 5.75. The van der Waals surface area contributed by atoms with Gasteiger partial charge in [-0.15, -0.1) is 0 Å². The molecule has 2 aromatic rings. The molecule has 1 atom stereocenters. The molecule has 2 heterocycles. The third-order valence-electron chi connectivity index (χ3n) is 5.82. The molecule has 2 aliphatic rings. The topological polar surface area (TPSA) is 57.7 Å². The Morgan fingerprint density at radius 1 is 0.964 bits per heavy atom. The average Bonchev–Trinajstić information content (AvgIpc) is 2.73. The zero-order valence-corrected chi connectivity index (χ0v) is 17.0. The first-order chi connectivity index (χ1) is 13.5. The summed E-state index contributed by atoms with van der Waals surface area (Å²) in [4.78, 5) is 14.9. The zero-order chi connectivity index (χ0) is 19.7. The van der Waals surface area contributed by atoms with Crippen molar-refractivity contribution in [2.75, 3.05) is 17.4 Å². The molecule has 1 fully saturated rings. The lowest BCUT2D eigenvalue weighted by atomic mass is 10.0. The van der Waals surface area contributed by atoms with Crippen molar-refractivity contribution < 1.29 is 13.2 Å². The number of para-hydroxylation sites is 1. The highest BCUT2D eigenvalue weighted by molar-refractivity contribution is 7.92. The molecule has 0 unspecified atom stereocenters. The molecule has 6 heteroatoms. The van der Waals surface area contributed by atoms with Crippen LogP contribution in [0.4, 0.5) is 5.69 Å². The zero-order valence-electron chi connectivity index (χ0n) is 16.2. The summed E-state index contributed by atoms with van der Waals surface area (Å²) in [6.07, 6.45) is 4.90. The van der Waals surface area contributed by atoms with E-state index in [1.165, 1.54) is 4.31 Å². The van der Waals surface area contributed by atoms with Gasteiger partial charge in [-0.2, -0.15) is 0 Å². The van der Waals surface area contributed by atoms with Gasteiger partial charge in [0.25, 0.3) is 15.9 Å². The summed E-state index contributed by atoms with van der Waals surface area (Å²) in [5.74, 6) is -0.0144. The largest absolute Gasteiger partial charge is 0.336 e. The maximum atomic E-state index is 13.2. The second-order valence-electron chi connectivity index (χ2n) is 7.68. The van der Waals surface area contributed by atoms with Crippen molar-refractivity contribution in [3.05, 3.63) is 59.7 Å². The van der Waals surface area contributed by atoms with Crippen LogP contribution in [0, 0.1) is 0 Å². The van der Waals surface area contributed by atoms with Gasteiger partial charge < -0.3 is 4.90 Å². The molecule has 5 nitrogen and oxygen atoms in total. The Labute approximate surface area is 167 Å². The summed E-state index contributed by atoms with van der Waals surface area (Å²) in [6, 6.07) is 14.3. The summed E-state index contributed by atoms with van der Waals surface area (Å²) in [5.41, 5.74) is 2.37. The molecule has 28 heavy (non-hydrogen) atoms. The monoisotopic (exact) mass is 398 g/mol. The van der Waals surface area contributed by atoms with E-state index in [1.54, 1.807) is 24.3 Å². The molecule has 0 N–H and O–H groups in total. The first-order valence-corrected chi connectivity index (χ1v) is 11.4. The summed E-state index contributed by atoms with van der Waals surface area (Å²) < 4.78 is 27.9. The SMILES string of the molecule is C[C@@H]1CCCCN1C(=O)c1ccc(S(=O)(=O)N2CCCc3ccccc32)cc1. The van der Waals surface area contributed by atoms with Crippen LogP contribution in [0.15, 0.2) is 53.4 Å². The minimum Gasteiger partial charge on any atom is -0.336 e. The number of benzene rings is 2. The molecule has 0 aromatic heterocycles. The van der Waals surface area contributed by atoms with Gasteiger partial charge in [0.2, 0.25) is 0 Å². The van der Waals surface area contributed by atoms with Crippen molar-refractivity contribution in [3.8, 4) is 0 Å². The minimum atomic E-state index is -3.65. The van der Waals surface area contributed by atoms with E-state index in [4.69, 9.17) is 0 Å². The number of hydrogen-bond acceptors (Lipinski definition) is 3. The second kappa shape index (κ2) is 7.59. The summed E-state index contributed by atoms with van der Waals surface area (Å²) in [7, 11) is -3.65. The third kappa shape index (κ3) is 3.41. The van der Waals surface area contributed by atoms with E-state index in [9.17, 15) is 13.2 Å². The van der Waals surface area contributed by atoms with Gasteiger partial charge >= 0.3 is 0 Å². The van der Waals surface area contributed by atoms with Gasteiger partial charge in [-0.25, -0.2) is 8.42 Å². The van der Waals surface area contributed by atoms with E-state index in [0.29, 0.717) is 12.1 Å². The van der Waals surface area contributed by atoms with Gasteiger partial charge in [0, 0.05) is 24.7 Å². The second-order valence-corrected chi connectivity index (χ2v) is 9.54. The molecule has 4 rings (SSSR count). The molecule has 0 bridgehead atoms. The number of carbonyl (C=O) groups is 1. The maximum Gasteiger partial charge on any atom is 0.264 e. The van der Waals surface area contributed by atoms with Crippen molar-refractivity contribution in [1.29, 1.82) is 0 Å². The molecule has 1 amide bonds. The van der Waals surface area contributed by atoms with Crippen molar-refractivity contribution in [3.63, 3.8) is 0 Å². The Morgan fingerprint density at radius 2 is 1.71 bits per heavy atom. The lowest BCUT2D eigenvalue weighted by molar-refractivity contribution is 0.0635. The fourth-order valence-electron chi connectivity index (χ4n) is 4.21. The molecular formula is C22H26N2O3S. The number of amides is 1. The molecular weight excluding hydrogens is 372 g/mol. The number of hydrogen-bond donors (Lipinski definition) is 0. The number of rotatable bonds is 3. The van der Waals surface area contributed by atoms with Gasteiger partial charge in [0.15, 0.2) is 0 Å². The highest BCUT2D eigenvalue weighted by Crippen LogP contribution is 2.32. The quantitative estimate of drug-likeness (QED) is 0.789. The van der Waals surface area contributed by atoms with E-state index in [1.807, 2.05) is 29.2 Å². The number of anilines is 1. The maximum absolute atomic E-state index is 13.2. The lowest BCUT2D eigenvalue weighted by Gasteiger charge is -2.33. The number of fused-ring (bicyclic) bond motifs is 1. The first-order valence-electron chi connectivity index (χ1n) is 10.00. The minimum absolute atomic E-state index is 0.0144. The highest BCUT2D eigenvalue weighted by Gasteiger charge is 2.29. The van der Waals surface area contributed by atoms with Crippen LogP contribution in [0.3, 0.4) is 0 Å². The number of sulfonamides is 1. The van der Waals surface area contributed by atoms with Crippen LogP contribution in [-0.2, 0) is 16.4 Å². The Morgan fingerprint density at radius 3 is 2.46 bits per heavy atom. The van der Waals surface area contributed by atoms with Crippen molar-refractivity contribution in [2.45, 2.75) is 50.0 Å². The molecule has 0 radical (unpaired) electrons. The van der Waals surface area contributed by atoms with Gasteiger partial charge in [0.1, 0.15) is 0 Å². The fraction of sp³-hybridized carbons (Fsp3) is 0.409. The standard InChI is InChI=1S/C22H26N2O3S/c1-17-7-4-5-15-23(17)22(25)19-11-13-20(14-12-19)28(26,27)24-16-6-9-18-8-2-3-10-21(18)24/h2-3,8,10-14,17H,4-7,9,15-16H2,1H3/t17-/m1/s1. The van der Waals surface area contributed by atoms with Crippen LogP contribution >= 0.6 is 0 Å². The molecule has 2 aromatic carbocycles. The molecule has 148 valence electrons. The smallest absolute Gasteiger partial charge is 0.264 e. The molecule has 0 spiro atoms. The Bertz CT molecular complexity index is 970. The van der Waals surface area contributed by atoms with Crippen molar-refractivity contribution in [2.24, 2.45) is 0 Å². The van der Waals surface area contributed by atoms with E-state index in [-0.39, 0.29) is 16.8 Å². The third-order valence-corrected chi connectivity index (χ3v) is 7.65. The number of aryl methyl sites for hydroxylation is 1. The van der Waals surface area contributed by atoms with Crippen LogP contribution in [0.2, 0.25) is 0 Å². The van der Waals surface area contributed by atoms with Crippen LogP contribution in [0.5, 0.6) is 0 Å². The van der Waals surface area contributed by atoms with Gasteiger partial charge in [-0.1, -0.05) is 18.2 Å². The molecule has 0 aliphatic carbocycles. The molecule has 1 saturated heterocycles. The van der Waals surface area contributed by atoms with E-state index in [2.05, 4.69) is 6.92 Å². The number of piperidine rings is 1. The first kappa shape index (κ1) is 19.0. The van der Waals surface area contributed by atoms with Gasteiger partial charge in [-0.3, -0.25) is 9.10 Å². The Balaban J connectivity index is 1.59. The van der Waals surface area contributed by atoms with Crippen LogP contribution in [0.25, 0.3) is 0 Å². The average molecular weight is 399 g/mol. The number of carbonyl (C=O) groups excluding carboxylic acids is 1. The summed E-state index contributed by atoms with van der Waals surface area (Å²) in [5, 5.41) is 0. The van der Waals surface area contributed by atoms with Crippen LogP contribution in [0.1, 0.15) is 48.5 Å². The Hall–Kier alpha value is -2.34. The number of likely N-dealkylation sites (tertiary alicyclic amines) is 1. The van der Waals surface area contributed by atoms with Gasteiger partial charge in [-0.05, 0) is 74.9 Å². The Kier molecular flexibility index (Phi) is 5.15. The van der Waals surface area contributed by atoms with E-state index in [0.717, 1.165) is 49.9 Å². The molecule has 0 saturated carbocycles.